The molecule has 1 amide bonds. The van der Waals surface area contributed by atoms with Crippen molar-refractivity contribution in [2.75, 3.05) is 24.6 Å². The molecule has 0 saturated carbocycles. The second-order valence-electron chi connectivity index (χ2n) is 4.15. The van der Waals surface area contributed by atoms with Crippen molar-refractivity contribution in [2.24, 2.45) is 0 Å². The fourth-order valence-corrected chi connectivity index (χ4v) is 2.44. The Morgan fingerprint density at radius 1 is 1.57 bits per heavy atom. The summed E-state index contributed by atoms with van der Waals surface area (Å²) in [7, 11) is 0. The molecule has 0 aliphatic carbocycles. The second kappa shape index (κ2) is 5.03. The number of hydrogen-bond acceptors (Lipinski definition) is 3. The van der Waals surface area contributed by atoms with Crippen LogP contribution in [0.5, 0.6) is 0 Å². The number of amides is 1. The van der Waals surface area contributed by atoms with Crippen molar-refractivity contribution >= 4 is 17.7 Å². The van der Waals surface area contributed by atoms with Crippen LogP contribution in [0.15, 0.2) is 0 Å². The van der Waals surface area contributed by atoms with E-state index in [9.17, 15) is 9.90 Å². The van der Waals surface area contributed by atoms with Gasteiger partial charge in [-0.05, 0) is 19.1 Å². The number of rotatable bonds is 5. The molecule has 0 aromatic rings. The number of β-amino-alcohol motifs (C(OH)–C–C–N with tert-alkyl or cyclic N) is 1. The van der Waals surface area contributed by atoms with E-state index in [0.717, 1.165) is 5.75 Å². The van der Waals surface area contributed by atoms with Gasteiger partial charge in [0.25, 0.3) is 0 Å². The lowest BCUT2D eigenvalue weighted by Crippen LogP contribution is -2.62. The van der Waals surface area contributed by atoms with Crippen LogP contribution >= 0.6 is 11.8 Å². The Labute approximate surface area is 89.9 Å². The molecular weight excluding hydrogens is 198 g/mol. The lowest BCUT2D eigenvalue weighted by atomic mass is 9.97. The Morgan fingerprint density at radius 2 is 2.21 bits per heavy atom. The van der Waals surface area contributed by atoms with E-state index in [-0.39, 0.29) is 5.91 Å². The summed E-state index contributed by atoms with van der Waals surface area (Å²) >= 11 is 1.69. The van der Waals surface area contributed by atoms with Gasteiger partial charge in [-0.3, -0.25) is 4.79 Å². The molecule has 1 N–H and O–H groups in total. The Balaban J connectivity index is 2.06. The molecule has 14 heavy (non-hydrogen) atoms. The quantitative estimate of drug-likeness (QED) is 0.701. The maximum atomic E-state index is 11.5. The summed E-state index contributed by atoms with van der Waals surface area (Å²) in [5.74, 6) is 1.79. The third kappa shape index (κ3) is 3.50. The third-order valence-corrected chi connectivity index (χ3v) is 3.31. The van der Waals surface area contributed by atoms with Crippen molar-refractivity contribution in [1.29, 1.82) is 0 Å². The van der Waals surface area contributed by atoms with Gasteiger partial charge in [-0.25, -0.2) is 0 Å². The van der Waals surface area contributed by atoms with Gasteiger partial charge in [0.05, 0.1) is 24.4 Å². The normalized spacial score (nSPS) is 19.2. The number of nitrogens with zero attached hydrogens (tertiary/aromatic N) is 1. The average Bonchev–Trinajstić information content (AvgIpc) is 2.08. The van der Waals surface area contributed by atoms with E-state index in [1.807, 2.05) is 0 Å². The smallest absolute Gasteiger partial charge is 0.232 e. The van der Waals surface area contributed by atoms with E-state index in [1.165, 1.54) is 12.8 Å². The van der Waals surface area contributed by atoms with Crippen LogP contribution in [0, 0.1) is 0 Å². The molecule has 82 valence electrons. The van der Waals surface area contributed by atoms with Gasteiger partial charge in [0, 0.05) is 0 Å². The summed E-state index contributed by atoms with van der Waals surface area (Å²) in [6, 6.07) is 0. The fraction of sp³-hybridized carbons (Fsp3) is 0.900. The maximum Gasteiger partial charge on any atom is 0.232 e. The first kappa shape index (κ1) is 11.9. The first-order valence-corrected chi connectivity index (χ1v) is 6.28. The highest BCUT2D eigenvalue weighted by Gasteiger charge is 2.38. The van der Waals surface area contributed by atoms with E-state index in [1.54, 1.807) is 23.6 Å². The van der Waals surface area contributed by atoms with Crippen LogP contribution in [0.4, 0.5) is 0 Å². The van der Waals surface area contributed by atoms with Gasteiger partial charge in [0.2, 0.25) is 5.91 Å². The van der Waals surface area contributed by atoms with E-state index in [0.29, 0.717) is 18.8 Å². The topological polar surface area (TPSA) is 40.5 Å². The molecule has 0 atom stereocenters. The lowest BCUT2D eigenvalue weighted by molar-refractivity contribution is -0.149. The minimum Gasteiger partial charge on any atom is -0.386 e. The molecule has 1 heterocycles. The first-order valence-electron chi connectivity index (χ1n) is 5.13. The van der Waals surface area contributed by atoms with Gasteiger partial charge in [-0.2, -0.15) is 11.8 Å². The number of aliphatic hydroxyl groups is 1. The van der Waals surface area contributed by atoms with Crippen LogP contribution < -0.4 is 0 Å². The highest BCUT2D eigenvalue weighted by molar-refractivity contribution is 7.99. The Bertz CT molecular complexity index is 198. The Morgan fingerprint density at radius 3 is 2.71 bits per heavy atom. The molecule has 1 aliphatic rings. The predicted molar refractivity (Wildman–Crippen MR) is 59.4 cm³/mol. The number of thioether (sulfide) groups is 1. The van der Waals surface area contributed by atoms with Crippen LogP contribution in [-0.2, 0) is 4.79 Å². The monoisotopic (exact) mass is 217 g/mol. The number of carbonyl (C=O) groups excluding carboxylic acids is 1. The van der Waals surface area contributed by atoms with Crippen molar-refractivity contribution in [3.05, 3.63) is 0 Å². The van der Waals surface area contributed by atoms with E-state index >= 15 is 0 Å². The summed E-state index contributed by atoms with van der Waals surface area (Å²) in [5, 5.41) is 9.44. The molecule has 0 aromatic carbocycles. The summed E-state index contributed by atoms with van der Waals surface area (Å²) in [6.45, 7) is 4.91. The van der Waals surface area contributed by atoms with E-state index in [2.05, 4.69) is 6.92 Å². The lowest BCUT2D eigenvalue weighted by Gasteiger charge is -2.44. The summed E-state index contributed by atoms with van der Waals surface area (Å²) in [4.78, 5) is 13.2. The molecule has 0 bridgehead atoms. The van der Waals surface area contributed by atoms with Gasteiger partial charge in [0.1, 0.15) is 0 Å². The number of unbranched alkanes of at least 4 members (excludes halogenated alkanes) is 1. The molecule has 0 radical (unpaired) electrons. The van der Waals surface area contributed by atoms with Crippen molar-refractivity contribution in [3.63, 3.8) is 0 Å². The van der Waals surface area contributed by atoms with Gasteiger partial charge in [-0.15, -0.1) is 0 Å². The van der Waals surface area contributed by atoms with Crippen molar-refractivity contribution in [1.82, 2.24) is 4.90 Å². The molecule has 0 unspecified atom stereocenters. The van der Waals surface area contributed by atoms with Crippen LogP contribution in [0.2, 0.25) is 0 Å². The minimum absolute atomic E-state index is 0.164. The molecule has 1 rings (SSSR count). The fourth-order valence-electron chi connectivity index (χ4n) is 1.45. The zero-order chi connectivity index (χ0) is 10.6. The van der Waals surface area contributed by atoms with Crippen molar-refractivity contribution < 1.29 is 9.90 Å². The predicted octanol–water partition coefficient (Wildman–Crippen LogP) is 1.11. The largest absolute Gasteiger partial charge is 0.386 e. The summed E-state index contributed by atoms with van der Waals surface area (Å²) in [5.41, 5.74) is -0.635. The van der Waals surface area contributed by atoms with Crippen molar-refractivity contribution in [2.45, 2.75) is 32.3 Å². The highest BCUT2D eigenvalue weighted by Crippen LogP contribution is 2.20. The number of likely N-dealkylation sites (tertiary alicyclic amines) is 1. The van der Waals surface area contributed by atoms with Gasteiger partial charge in [-0.1, -0.05) is 13.3 Å². The number of hydrogen-bond donors (Lipinski definition) is 1. The van der Waals surface area contributed by atoms with Crippen molar-refractivity contribution in [3.8, 4) is 0 Å². The molecule has 1 fully saturated rings. The molecule has 1 saturated heterocycles. The Kier molecular flexibility index (Phi) is 4.26. The molecule has 3 nitrogen and oxygen atoms in total. The summed E-state index contributed by atoms with van der Waals surface area (Å²) < 4.78 is 0. The SMILES string of the molecule is CCCCSCC(=O)N1CC(C)(O)C1. The second-order valence-corrected chi connectivity index (χ2v) is 5.26. The average molecular weight is 217 g/mol. The van der Waals surface area contributed by atoms with Gasteiger partial charge < -0.3 is 10.0 Å². The van der Waals surface area contributed by atoms with E-state index in [4.69, 9.17) is 0 Å². The van der Waals surface area contributed by atoms with E-state index < -0.39 is 5.60 Å². The molecule has 1 aliphatic heterocycles. The van der Waals surface area contributed by atoms with Crippen LogP contribution in [-0.4, -0.2) is 46.1 Å². The van der Waals surface area contributed by atoms with Crippen LogP contribution in [0.25, 0.3) is 0 Å². The summed E-state index contributed by atoms with van der Waals surface area (Å²) in [6.07, 6.45) is 2.36. The third-order valence-electron chi connectivity index (χ3n) is 2.28. The molecule has 0 aromatic heterocycles. The zero-order valence-corrected chi connectivity index (χ0v) is 9.77. The Hall–Kier alpha value is -0.220. The number of carbonyl (C=O) groups is 1. The zero-order valence-electron chi connectivity index (χ0n) is 8.95. The highest BCUT2D eigenvalue weighted by atomic mass is 32.2. The first-order chi connectivity index (χ1) is 6.55. The molecule has 0 spiro atoms. The van der Waals surface area contributed by atoms with Crippen LogP contribution in [0.3, 0.4) is 0 Å². The maximum absolute atomic E-state index is 11.5. The van der Waals surface area contributed by atoms with Crippen LogP contribution in [0.1, 0.15) is 26.7 Å². The molecule has 4 heteroatoms. The van der Waals surface area contributed by atoms with Gasteiger partial charge >= 0.3 is 0 Å². The minimum atomic E-state index is -0.635. The standard InChI is InChI=1S/C10H19NO2S/c1-3-4-5-14-6-9(12)11-7-10(2,13)8-11/h13H,3-8H2,1-2H3. The molecular formula is C10H19NO2S. The van der Waals surface area contributed by atoms with Gasteiger partial charge in [0.15, 0.2) is 0 Å².